The highest BCUT2D eigenvalue weighted by molar-refractivity contribution is 7.47. The van der Waals surface area contributed by atoms with E-state index >= 15 is 0 Å². The van der Waals surface area contributed by atoms with Gasteiger partial charge in [-0.05, 0) is 70.6 Å². The van der Waals surface area contributed by atoms with E-state index in [2.05, 4.69) is 56.4 Å². The number of aliphatic hydroxyl groups excluding tert-OH is 1. The molecule has 0 spiro atoms. The number of phosphoric acid groups is 1. The third-order valence-electron chi connectivity index (χ3n) is 9.00. The zero-order valence-electron chi connectivity index (χ0n) is 37.6. The Hall–Kier alpha value is -2.85. The van der Waals surface area contributed by atoms with Crippen molar-refractivity contribution < 1.29 is 47.2 Å². The number of quaternary nitrogens is 1. The van der Waals surface area contributed by atoms with Crippen LogP contribution in [0.3, 0.4) is 0 Å². The van der Waals surface area contributed by atoms with Gasteiger partial charge in [0.25, 0.3) is 0 Å². The van der Waals surface area contributed by atoms with Crippen LogP contribution in [0.1, 0.15) is 149 Å². The highest BCUT2D eigenvalue weighted by Gasteiger charge is 2.27. The number of aliphatic hydroxyl groups is 1. The number of ether oxygens (including phenoxy) is 2. The molecule has 0 aliphatic heterocycles. The zero-order chi connectivity index (χ0) is 43.7. The Morgan fingerprint density at radius 2 is 1.12 bits per heavy atom. The predicted octanol–water partition coefficient (Wildman–Crippen LogP) is 11.8. The number of carbonyl (C=O) groups is 2. The molecule has 0 aliphatic carbocycles. The molecule has 0 saturated heterocycles. The molecule has 2 N–H and O–H groups in total. The minimum atomic E-state index is -4.42. The van der Waals surface area contributed by atoms with Crippen molar-refractivity contribution in [2.75, 3.05) is 47.5 Å². The first kappa shape index (κ1) is 56.1. The van der Waals surface area contributed by atoms with E-state index in [0.29, 0.717) is 36.7 Å². The Morgan fingerprint density at radius 1 is 0.610 bits per heavy atom. The summed E-state index contributed by atoms with van der Waals surface area (Å²) in [5, 5.41) is 9.90. The molecule has 0 heterocycles. The standard InChI is InChI=1S/C48H82NO9P/c1-6-8-10-11-12-13-14-15-16-17-18-19-22-26-29-32-36-40-48(52)58-46(44-57-59(53,54)56-42-41-49(3,4)5)43-55-47(51)39-35-31-28-25-23-20-21-24-27-30-34-38-45(50)37-33-9-7-2/h15-16,18-21,25-30,34,38,45-46,50H,6-14,17,22-24,31-33,35-37,39-44H2,1-5H3/p+1/b16-15-,19-18-,21-20-,28-25-,29-26-,30-27-,38-34+/t45-,46-/m1/s1. The van der Waals surface area contributed by atoms with E-state index in [1.54, 1.807) is 0 Å². The van der Waals surface area contributed by atoms with E-state index in [4.69, 9.17) is 18.5 Å². The first-order chi connectivity index (χ1) is 28.4. The van der Waals surface area contributed by atoms with Crippen LogP contribution in [0.15, 0.2) is 85.1 Å². The minimum Gasteiger partial charge on any atom is -0.462 e. The van der Waals surface area contributed by atoms with Gasteiger partial charge in [-0.3, -0.25) is 18.6 Å². The Labute approximate surface area is 359 Å². The van der Waals surface area contributed by atoms with E-state index in [1.807, 2.05) is 63.7 Å². The SMILES string of the molecule is CCCCCCCC/C=C\C/C=C\C/C=C\CCCC(=O)O[C@H](COC(=O)CCC/C=C\C/C=C\C/C=C\C=C\[C@H](O)CCCCC)COP(=O)(O)OCC[N+](C)(C)C. The van der Waals surface area contributed by atoms with Crippen LogP contribution in [0.2, 0.25) is 0 Å². The van der Waals surface area contributed by atoms with Gasteiger partial charge in [0, 0.05) is 12.8 Å². The van der Waals surface area contributed by atoms with Crippen LogP contribution in [-0.4, -0.2) is 86.1 Å². The van der Waals surface area contributed by atoms with Gasteiger partial charge in [0.05, 0.1) is 33.9 Å². The van der Waals surface area contributed by atoms with Crippen LogP contribution < -0.4 is 0 Å². The molecule has 3 atom stereocenters. The molecule has 59 heavy (non-hydrogen) atoms. The van der Waals surface area contributed by atoms with Crippen molar-refractivity contribution >= 4 is 19.8 Å². The zero-order valence-corrected chi connectivity index (χ0v) is 38.5. The molecule has 11 heteroatoms. The molecule has 0 saturated carbocycles. The van der Waals surface area contributed by atoms with Gasteiger partial charge in [0.15, 0.2) is 6.10 Å². The maximum absolute atomic E-state index is 12.7. The highest BCUT2D eigenvalue weighted by Crippen LogP contribution is 2.43. The number of likely N-dealkylation sites (N-methyl/N-ethyl adjacent to an activating group) is 1. The van der Waals surface area contributed by atoms with Gasteiger partial charge in [-0.25, -0.2) is 4.57 Å². The van der Waals surface area contributed by atoms with Gasteiger partial charge in [-0.1, -0.05) is 150 Å². The number of rotatable bonds is 39. The lowest BCUT2D eigenvalue weighted by molar-refractivity contribution is -0.870. The Morgan fingerprint density at radius 3 is 1.71 bits per heavy atom. The largest absolute Gasteiger partial charge is 0.472 e. The van der Waals surface area contributed by atoms with Crippen LogP contribution in [0, 0.1) is 0 Å². The number of carbonyl (C=O) groups excluding carboxylic acids is 2. The molecule has 0 bridgehead atoms. The summed E-state index contributed by atoms with van der Waals surface area (Å²) in [4.78, 5) is 35.3. The molecular formula is C48H83NO9P+. The maximum atomic E-state index is 12.7. The normalized spacial score (nSPS) is 14.9. The van der Waals surface area contributed by atoms with Crippen molar-refractivity contribution in [1.82, 2.24) is 0 Å². The van der Waals surface area contributed by atoms with Crippen molar-refractivity contribution in [3.05, 3.63) is 85.1 Å². The van der Waals surface area contributed by atoms with Crippen LogP contribution >= 0.6 is 7.82 Å². The van der Waals surface area contributed by atoms with Crippen molar-refractivity contribution in [2.45, 2.75) is 161 Å². The molecule has 0 aromatic carbocycles. The molecule has 0 aromatic heterocycles. The molecule has 0 amide bonds. The van der Waals surface area contributed by atoms with Crippen molar-refractivity contribution in [3.63, 3.8) is 0 Å². The molecule has 0 rings (SSSR count). The minimum absolute atomic E-state index is 0.00206. The average Bonchev–Trinajstić information content (AvgIpc) is 3.18. The summed E-state index contributed by atoms with van der Waals surface area (Å²) >= 11 is 0. The molecule has 10 nitrogen and oxygen atoms in total. The van der Waals surface area contributed by atoms with Gasteiger partial charge >= 0.3 is 19.8 Å². The van der Waals surface area contributed by atoms with Gasteiger partial charge < -0.3 is 24.0 Å². The number of phosphoric ester groups is 1. The number of nitrogens with zero attached hydrogens (tertiary/aromatic N) is 1. The Bertz CT molecular complexity index is 1300. The quantitative estimate of drug-likeness (QED) is 0.0155. The predicted molar refractivity (Wildman–Crippen MR) is 244 cm³/mol. The van der Waals surface area contributed by atoms with Gasteiger partial charge in [-0.15, -0.1) is 0 Å². The van der Waals surface area contributed by atoms with Crippen LogP contribution in [0.4, 0.5) is 0 Å². The summed E-state index contributed by atoms with van der Waals surface area (Å²) in [5.74, 6) is -0.960. The highest BCUT2D eigenvalue weighted by atomic mass is 31.2. The van der Waals surface area contributed by atoms with Gasteiger partial charge in [0.1, 0.15) is 19.8 Å². The maximum Gasteiger partial charge on any atom is 0.472 e. The van der Waals surface area contributed by atoms with Crippen LogP contribution in [-0.2, 0) is 32.7 Å². The fourth-order valence-corrected chi connectivity index (χ4v) is 6.17. The fraction of sp³-hybridized carbons (Fsp3) is 0.667. The molecule has 1 unspecified atom stereocenters. The lowest BCUT2D eigenvalue weighted by Crippen LogP contribution is -2.37. The number of unbranched alkanes of at least 4 members (excludes halogenated alkanes) is 10. The smallest absolute Gasteiger partial charge is 0.462 e. The number of esters is 2. The van der Waals surface area contributed by atoms with Gasteiger partial charge in [0.2, 0.25) is 0 Å². The third kappa shape index (κ3) is 43.1. The summed E-state index contributed by atoms with van der Waals surface area (Å²) in [6, 6.07) is 0. The average molecular weight is 849 g/mol. The second-order valence-corrected chi connectivity index (χ2v) is 17.4. The van der Waals surface area contributed by atoms with Crippen LogP contribution in [0.25, 0.3) is 0 Å². The topological polar surface area (TPSA) is 129 Å². The summed E-state index contributed by atoms with van der Waals surface area (Å²) in [6.07, 6.45) is 46.9. The van der Waals surface area contributed by atoms with Gasteiger partial charge in [-0.2, -0.15) is 0 Å². The second kappa shape index (κ2) is 39.3. The van der Waals surface area contributed by atoms with E-state index in [-0.39, 0.29) is 32.2 Å². The first-order valence-corrected chi connectivity index (χ1v) is 23.9. The van der Waals surface area contributed by atoms with Crippen molar-refractivity contribution in [1.29, 1.82) is 0 Å². The van der Waals surface area contributed by atoms with Crippen molar-refractivity contribution in [2.24, 2.45) is 0 Å². The second-order valence-electron chi connectivity index (χ2n) is 15.9. The fourth-order valence-electron chi connectivity index (χ4n) is 5.43. The Kier molecular flexibility index (Phi) is 37.4. The van der Waals surface area contributed by atoms with E-state index in [0.717, 1.165) is 57.8 Å². The lowest BCUT2D eigenvalue weighted by atomic mass is 10.1. The summed E-state index contributed by atoms with van der Waals surface area (Å²) in [7, 11) is 1.38. The number of hydrogen-bond donors (Lipinski definition) is 2. The van der Waals surface area contributed by atoms with Crippen LogP contribution in [0.5, 0.6) is 0 Å². The first-order valence-electron chi connectivity index (χ1n) is 22.4. The number of allylic oxidation sites excluding steroid dienone is 13. The molecule has 0 radical (unpaired) electrons. The molecular weight excluding hydrogens is 766 g/mol. The monoisotopic (exact) mass is 849 g/mol. The molecule has 338 valence electrons. The van der Waals surface area contributed by atoms with E-state index in [1.165, 1.54) is 38.5 Å². The molecule has 0 aromatic rings. The van der Waals surface area contributed by atoms with E-state index in [9.17, 15) is 24.2 Å². The lowest BCUT2D eigenvalue weighted by Gasteiger charge is -2.24. The summed E-state index contributed by atoms with van der Waals surface area (Å²) in [6.45, 7) is 4.13. The van der Waals surface area contributed by atoms with Crippen molar-refractivity contribution in [3.8, 4) is 0 Å². The van der Waals surface area contributed by atoms with E-state index < -0.39 is 32.5 Å². The summed E-state index contributed by atoms with van der Waals surface area (Å²) < 4.78 is 34.1. The molecule has 0 aliphatic rings. The summed E-state index contributed by atoms with van der Waals surface area (Å²) in [5.41, 5.74) is 0. The third-order valence-corrected chi connectivity index (χ3v) is 9.99. The Balaban J connectivity index is 4.59. The number of hydrogen-bond acceptors (Lipinski definition) is 8. The molecule has 0 fully saturated rings.